The van der Waals surface area contributed by atoms with Crippen LogP contribution in [0.25, 0.3) is 0 Å². The van der Waals surface area contributed by atoms with E-state index in [0.29, 0.717) is 24.3 Å². The first-order valence-electron chi connectivity index (χ1n) is 5.80. The van der Waals surface area contributed by atoms with Crippen molar-refractivity contribution in [3.8, 4) is 0 Å². The van der Waals surface area contributed by atoms with E-state index >= 15 is 0 Å². The van der Waals surface area contributed by atoms with Crippen molar-refractivity contribution < 1.29 is 9.36 Å². The quantitative estimate of drug-likeness (QED) is 0.698. The van der Waals surface area contributed by atoms with Gasteiger partial charge in [0.05, 0.1) is 0 Å². The maximum Gasteiger partial charge on any atom is 0.137 e. The molecule has 3 rings (SSSR count). The normalized spacial score (nSPS) is 41.6. The minimum absolute atomic E-state index is 0.0658. The van der Waals surface area contributed by atoms with Crippen molar-refractivity contribution >= 4 is 18.2 Å². The predicted octanol–water partition coefficient (Wildman–Crippen LogP) is 2.28. The molecule has 1 heterocycles. The van der Waals surface area contributed by atoms with Crippen molar-refractivity contribution in [2.45, 2.75) is 19.0 Å². The number of Topliss-reactive ketones (excluding diaryl/α,β-unsaturated/α-hetero) is 1. The second kappa shape index (κ2) is 3.30. The van der Waals surface area contributed by atoms with Gasteiger partial charge in [0, 0.05) is 29.5 Å². The van der Waals surface area contributed by atoms with Crippen molar-refractivity contribution in [2.75, 3.05) is 6.16 Å². The zero-order chi connectivity index (χ0) is 11.3. The topological polar surface area (TPSA) is 34.1 Å². The lowest BCUT2D eigenvalue weighted by atomic mass is 10.0. The summed E-state index contributed by atoms with van der Waals surface area (Å²) in [5.74, 6) is 0.717. The molecular weight excluding hydrogens is 219 g/mol. The van der Waals surface area contributed by atoms with Gasteiger partial charge in [-0.1, -0.05) is 37.3 Å². The Morgan fingerprint density at radius 1 is 1.25 bits per heavy atom. The summed E-state index contributed by atoms with van der Waals surface area (Å²) in [6.07, 6.45) is 1.15. The summed E-state index contributed by atoms with van der Waals surface area (Å²) in [5, 5.41) is 0.974. The van der Waals surface area contributed by atoms with Gasteiger partial charge in [-0.3, -0.25) is 4.79 Å². The number of carbonyl (C=O) groups excluding carboxylic acids is 1. The van der Waals surface area contributed by atoms with Crippen molar-refractivity contribution in [1.29, 1.82) is 0 Å². The highest BCUT2D eigenvalue weighted by Crippen LogP contribution is 2.66. The van der Waals surface area contributed by atoms with Gasteiger partial charge in [-0.05, 0) is 5.92 Å². The average Bonchev–Trinajstić information content (AvgIpc) is 2.71. The van der Waals surface area contributed by atoms with Crippen LogP contribution in [-0.4, -0.2) is 17.6 Å². The van der Waals surface area contributed by atoms with Crippen molar-refractivity contribution in [2.24, 2.45) is 11.8 Å². The van der Waals surface area contributed by atoms with E-state index in [0.717, 1.165) is 5.30 Å². The van der Waals surface area contributed by atoms with E-state index in [1.165, 1.54) is 0 Å². The van der Waals surface area contributed by atoms with Crippen LogP contribution in [0.5, 0.6) is 0 Å². The standard InChI is InChI=1S/C13H15O2P/c1-9-11-8-16(15,13(9)7-12(11)14)10-5-3-2-4-6-10/h2-6,9,11,13H,7-8H2,1H3/t9?,11-,13?,16?/m0/s1. The van der Waals surface area contributed by atoms with Crippen LogP contribution in [0, 0.1) is 11.8 Å². The van der Waals surface area contributed by atoms with Crippen LogP contribution in [0.15, 0.2) is 30.3 Å². The van der Waals surface area contributed by atoms with Gasteiger partial charge in [0.1, 0.15) is 12.9 Å². The Kier molecular flexibility index (Phi) is 2.12. The number of ketones is 1. The van der Waals surface area contributed by atoms with Crippen molar-refractivity contribution in [1.82, 2.24) is 0 Å². The maximum absolute atomic E-state index is 13.0. The first kappa shape index (κ1) is 10.3. The second-order valence-corrected chi connectivity index (χ2v) is 8.15. The molecule has 3 unspecified atom stereocenters. The SMILES string of the molecule is CC1C2CC(=O)[C@H]1CP2(=O)c1ccccc1. The van der Waals surface area contributed by atoms with Crippen LogP contribution in [0.4, 0.5) is 0 Å². The lowest BCUT2D eigenvalue weighted by Gasteiger charge is -2.22. The molecule has 0 aromatic heterocycles. The summed E-state index contributed by atoms with van der Waals surface area (Å²) in [6, 6.07) is 9.73. The third-order valence-electron chi connectivity index (χ3n) is 4.26. The van der Waals surface area contributed by atoms with Crippen molar-refractivity contribution in [3.63, 3.8) is 0 Å². The predicted molar refractivity (Wildman–Crippen MR) is 64.6 cm³/mol. The molecule has 0 N–H and O–H groups in total. The summed E-state index contributed by atoms with van der Waals surface area (Å²) in [5.41, 5.74) is 0.118. The van der Waals surface area contributed by atoms with Crippen LogP contribution in [0.1, 0.15) is 13.3 Å². The smallest absolute Gasteiger partial charge is 0.137 e. The zero-order valence-electron chi connectivity index (χ0n) is 9.30. The van der Waals surface area contributed by atoms with Gasteiger partial charge in [-0.2, -0.15) is 0 Å². The Morgan fingerprint density at radius 2 is 1.94 bits per heavy atom. The first-order chi connectivity index (χ1) is 7.63. The van der Waals surface area contributed by atoms with Gasteiger partial charge in [0.2, 0.25) is 0 Å². The first-order valence-corrected chi connectivity index (χ1v) is 7.76. The highest BCUT2D eigenvalue weighted by Gasteiger charge is 2.57. The maximum atomic E-state index is 13.0. The molecule has 3 heteroatoms. The number of rotatable bonds is 1. The molecule has 1 saturated carbocycles. The van der Waals surface area contributed by atoms with E-state index in [1.54, 1.807) is 0 Å². The lowest BCUT2D eigenvalue weighted by molar-refractivity contribution is -0.120. The molecule has 1 aliphatic carbocycles. The van der Waals surface area contributed by atoms with Crippen LogP contribution in [-0.2, 0) is 9.36 Å². The summed E-state index contributed by atoms with van der Waals surface area (Å²) in [7, 11) is -2.30. The third-order valence-corrected chi connectivity index (χ3v) is 8.09. The molecule has 0 amide bonds. The highest BCUT2D eigenvalue weighted by molar-refractivity contribution is 7.72. The number of hydrogen-bond donors (Lipinski definition) is 0. The van der Waals surface area contributed by atoms with Gasteiger partial charge >= 0.3 is 0 Å². The molecule has 1 aliphatic heterocycles. The summed E-state index contributed by atoms with van der Waals surface area (Å²) < 4.78 is 13.0. The van der Waals surface area contributed by atoms with E-state index in [-0.39, 0.29) is 11.6 Å². The van der Waals surface area contributed by atoms with Crippen LogP contribution in [0.3, 0.4) is 0 Å². The van der Waals surface area contributed by atoms with Crippen LogP contribution >= 0.6 is 7.14 Å². The van der Waals surface area contributed by atoms with Gasteiger partial charge < -0.3 is 4.57 Å². The summed E-state index contributed by atoms with van der Waals surface area (Å²) >= 11 is 0. The van der Waals surface area contributed by atoms with E-state index in [2.05, 4.69) is 6.92 Å². The minimum Gasteiger partial charge on any atom is -0.318 e. The largest absolute Gasteiger partial charge is 0.318 e. The van der Waals surface area contributed by atoms with Gasteiger partial charge in [-0.15, -0.1) is 0 Å². The molecule has 2 bridgehead atoms. The van der Waals surface area contributed by atoms with E-state index < -0.39 is 7.14 Å². The Hall–Kier alpha value is -0.880. The van der Waals surface area contributed by atoms with E-state index in [1.807, 2.05) is 30.3 Å². The van der Waals surface area contributed by atoms with Crippen molar-refractivity contribution in [3.05, 3.63) is 30.3 Å². The number of fused-ring (bicyclic) bond motifs is 2. The van der Waals surface area contributed by atoms with Gasteiger partial charge in [-0.25, -0.2) is 0 Å². The molecule has 4 atom stereocenters. The molecule has 2 nitrogen and oxygen atoms in total. The second-order valence-electron chi connectivity index (χ2n) is 5.02. The number of carbonyl (C=O) groups is 1. The molecular formula is C13H15O2P. The molecule has 16 heavy (non-hydrogen) atoms. The Balaban J connectivity index is 2.05. The minimum atomic E-state index is -2.30. The lowest BCUT2D eigenvalue weighted by Crippen LogP contribution is -2.21. The fourth-order valence-electron chi connectivity index (χ4n) is 3.30. The Labute approximate surface area is 95.4 Å². The molecule has 84 valence electrons. The van der Waals surface area contributed by atoms with Crippen LogP contribution < -0.4 is 5.30 Å². The van der Waals surface area contributed by atoms with Gasteiger partial charge in [0.15, 0.2) is 0 Å². The van der Waals surface area contributed by atoms with Crippen LogP contribution in [0.2, 0.25) is 0 Å². The molecule has 0 spiro atoms. The number of hydrogen-bond acceptors (Lipinski definition) is 2. The average molecular weight is 234 g/mol. The molecule has 1 aromatic rings. The highest BCUT2D eigenvalue weighted by atomic mass is 31.2. The molecule has 2 aliphatic rings. The molecule has 1 saturated heterocycles. The summed E-state index contributed by atoms with van der Waals surface area (Å²) in [4.78, 5) is 11.6. The molecule has 2 fully saturated rings. The Morgan fingerprint density at radius 3 is 2.44 bits per heavy atom. The molecule has 1 aromatic carbocycles. The van der Waals surface area contributed by atoms with E-state index in [9.17, 15) is 9.36 Å². The Bertz CT molecular complexity index is 480. The third kappa shape index (κ3) is 1.20. The monoisotopic (exact) mass is 234 g/mol. The van der Waals surface area contributed by atoms with E-state index in [4.69, 9.17) is 0 Å². The van der Waals surface area contributed by atoms with Gasteiger partial charge in [0.25, 0.3) is 0 Å². The fourth-order valence-corrected chi connectivity index (χ4v) is 7.41. The summed E-state index contributed by atoms with van der Waals surface area (Å²) in [6.45, 7) is 2.09. The fraction of sp³-hybridized carbons (Fsp3) is 0.462. The zero-order valence-corrected chi connectivity index (χ0v) is 10.2. The molecule has 0 radical (unpaired) electrons. The number of benzene rings is 1.